The van der Waals surface area contributed by atoms with Gasteiger partial charge in [0.05, 0.1) is 23.2 Å². The molecule has 1 aromatic heterocycles. The number of aromatic nitrogens is 1. The Hall–Kier alpha value is -2.36. The molecule has 0 radical (unpaired) electrons. The summed E-state index contributed by atoms with van der Waals surface area (Å²) in [6.45, 7) is 2.71. The molecular formula is C21H23ClN4O2. The van der Waals surface area contributed by atoms with Crippen LogP contribution in [0.1, 0.15) is 25.7 Å². The first-order chi connectivity index (χ1) is 13.7. The molecule has 1 atom stereocenters. The molecule has 4 rings (SSSR count). The lowest BCUT2D eigenvalue weighted by molar-refractivity contribution is -0.132. The molecule has 2 aromatic rings. The number of carbonyl (C=O) groups excluding carboxylic acids is 1. The molecule has 1 unspecified atom stereocenters. The topological polar surface area (TPSA) is 69.5 Å². The van der Waals surface area contributed by atoms with Crippen LogP contribution in [0.4, 0.5) is 0 Å². The van der Waals surface area contributed by atoms with Crippen LogP contribution in [0.5, 0.6) is 5.75 Å². The van der Waals surface area contributed by atoms with E-state index in [4.69, 9.17) is 16.3 Å². The van der Waals surface area contributed by atoms with Gasteiger partial charge in [0.15, 0.2) is 0 Å². The summed E-state index contributed by atoms with van der Waals surface area (Å²) < 4.78 is 6.25. The van der Waals surface area contributed by atoms with E-state index in [-0.39, 0.29) is 18.1 Å². The van der Waals surface area contributed by atoms with Gasteiger partial charge in [0.25, 0.3) is 0 Å². The van der Waals surface area contributed by atoms with Crippen molar-refractivity contribution in [2.75, 3.05) is 26.2 Å². The van der Waals surface area contributed by atoms with Crippen molar-refractivity contribution in [3.63, 3.8) is 0 Å². The van der Waals surface area contributed by atoms with Gasteiger partial charge < -0.3 is 9.64 Å². The standard InChI is InChI=1S/C21H23ClN4O2/c22-18-5-6-19(17-4-1-9-24-21(17)18)28-16-7-11-25(12-8-16)14-20(27)26-10-2-3-15(26)13-23/h1,4-6,9,15-16H,2-3,7-8,10-12,14H2. The zero-order valence-corrected chi connectivity index (χ0v) is 16.4. The van der Waals surface area contributed by atoms with Crippen LogP contribution in [0.3, 0.4) is 0 Å². The van der Waals surface area contributed by atoms with Gasteiger partial charge in [-0.2, -0.15) is 5.26 Å². The van der Waals surface area contributed by atoms with Crippen molar-refractivity contribution in [1.29, 1.82) is 5.26 Å². The number of halogens is 1. The predicted octanol–water partition coefficient (Wildman–Crippen LogP) is 3.25. The highest BCUT2D eigenvalue weighted by Crippen LogP contribution is 2.31. The molecule has 28 heavy (non-hydrogen) atoms. The molecule has 0 bridgehead atoms. The molecule has 0 aliphatic carbocycles. The monoisotopic (exact) mass is 398 g/mol. The minimum absolute atomic E-state index is 0.0678. The molecule has 0 saturated carbocycles. The molecule has 2 aliphatic rings. The number of nitriles is 1. The highest BCUT2D eigenvalue weighted by atomic mass is 35.5. The Balaban J connectivity index is 1.33. The Morgan fingerprint density at radius 1 is 1.25 bits per heavy atom. The fraction of sp³-hybridized carbons (Fsp3) is 0.476. The van der Waals surface area contributed by atoms with Crippen LogP contribution in [0, 0.1) is 11.3 Å². The van der Waals surface area contributed by atoms with E-state index < -0.39 is 0 Å². The number of rotatable bonds is 4. The smallest absolute Gasteiger partial charge is 0.237 e. The lowest BCUT2D eigenvalue weighted by Crippen LogP contribution is -2.46. The number of fused-ring (bicyclic) bond motifs is 1. The van der Waals surface area contributed by atoms with Crippen molar-refractivity contribution in [2.24, 2.45) is 0 Å². The number of benzene rings is 1. The number of hydrogen-bond acceptors (Lipinski definition) is 5. The van der Waals surface area contributed by atoms with Gasteiger partial charge in [-0.05, 0) is 49.9 Å². The summed E-state index contributed by atoms with van der Waals surface area (Å²) in [4.78, 5) is 20.8. The number of nitrogens with zero attached hydrogens (tertiary/aromatic N) is 4. The lowest BCUT2D eigenvalue weighted by atomic mass is 10.1. The second-order valence-corrected chi connectivity index (χ2v) is 7.82. The third-order valence-electron chi connectivity index (χ3n) is 5.59. The number of piperidine rings is 1. The molecule has 2 saturated heterocycles. The summed E-state index contributed by atoms with van der Waals surface area (Å²) in [7, 11) is 0. The Bertz CT molecular complexity index is 905. The van der Waals surface area contributed by atoms with E-state index in [1.165, 1.54) is 0 Å². The summed E-state index contributed by atoms with van der Waals surface area (Å²) >= 11 is 6.23. The van der Waals surface area contributed by atoms with Crippen LogP contribution >= 0.6 is 11.6 Å². The Labute approximate surface area is 169 Å². The maximum Gasteiger partial charge on any atom is 0.237 e. The molecule has 1 amide bonds. The maximum absolute atomic E-state index is 12.5. The molecule has 146 valence electrons. The lowest BCUT2D eigenvalue weighted by Gasteiger charge is -2.33. The van der Waals surface area contributed by atoms with Crippen molar-refractivity contribution in [1.82, 2.24) is 14.8 Å². The Morgan fingerprint density at radius 2 is 2.07 bits per heavy atom. The highest BCUT2D eigenvalue weighted by Gasteiger charge is 2.30. The van der Waals surface area contributed by atoms with E-state index in [1.807, 2.05) is 24.3 Å². The van der Waals surface area contributed by atoms with E-state index in [2.05, 4.69) is 16.0 Å². The van der Waals surface area contributed by atoms with Crippen LogP contribution in [0.15, 0.2) is 30.5 Å². The van der Waals surface area contributed by atoms with Crippen molar-refractivity contribution in [2.45, 2.75) is 37.8 Å². The SMILES string of the molecule is N#CC1CCCN1C(=O)CN1CCC(Oc2ccc(Cl)c3ncccc23)CC1. The van der Waals surface area contributed by atoms with E-state index in [9.17, 15) is 10.1 Å². The average Bonchev–Trinajstić information content (AvgIpc) is 3.21. The number of pyridine rings is 1. The van der Waals surface area contributed by atoms with Crippen LogP contribution < -0.4 is 4.74 Å². The third-order valence-corrected chi connectivity index (χ3v) is 5.89. The van der Waals surface area contributed by atoms with Crippen LogP contribution in [0.2, 0.25) is 5.02 Å². The summed E-state index contributed by atoms with van der Waals surface area (Å²) in [6, 6.07) is 9.56. The minimum Gasteiger partial charge on any atom is -0.490 e. The molecule has 2 fully saturated rings. The first-order valence-electron chi connectivity index (χ1n) is 9.77. The van der Waals surface area contributed by atoms with Gasteiger partial charge in [-0.25, -0.2) is 0 Å². The van der Waals surface area contributed by atoms with Crippen molar-refractivity contribution >= 4 is 28.4 Å². The average molecular weight is 399 g/mol. The normalized spacial score (nSPS) is 21.0. The van der Waals surface area contributed by atoms with E-state index in [0.717, 1.165) is 55.4 Å². The Kier molecular flexibility index (Phi) is 5.65. The van der Waals surface area contributed by atoms with Gasteiger partial charge in [0, 0.05) is 31.2 Å². The zero-order chi connectivity index (χ0) is 19.5. The number of likely N-dealkylation sites (tertiary alicyclic amines) is 2. The van der Waals surface area contributed by atoms with Gasteiger partial charge in [0.2, 0.25) is 5.91 Å². The van der Waals surface area contributed by atoms with Gasteiger partial charge in [-0.15, -0.1) is 0 Å². The zero-order valence-electron chi connectivity index (χ0n) is 15.7. The van der Waals surface area contributed by atoms with Gasteiger partial charge in [-0.1, -0.05) is 11.6 Å². The summed E-state index contributed by atoms with van der Waals surface area (Å²) in [6.07, 6.45) is 5.27. The van der Waals surface area contributed by atoms with Gasteiger partial charge in [0.1, 0.15) is 17.9 Å². The van der Waals surface area contributed by atoms with E-state index in [1.54, 1.807) is 11.1 Å². The van der Waals surface area contributed by atoms with Crippen molar-refractivity contribution in [3.05, 3.63) is 35.5 Å². The van der Waals surface area contributed by atoms with E-state index in [0.29, 0.717) is 18.1 Å². The second-order valence-electron chi connectivity index (χ2n) is 7.41. The first kappa shape index (κ1) is 19.0. The predicted molar refractivity (Wildman–Crippen MR) is 107 cm³/mol. The first-order valence-corrected chi connectivity index (χ1v) is 10.1. The van der Waals surface area contributed by atoms with Crippen LogP contribution in [-0.2, 0) is 4.79 Å². The van der Waals surface area contributed by atoms with Crippen molar-refractivity contribution in [3.8, 4) is 11.8 Å². The van der Waals surface area contributed by atoms with Gasteiger partial charge in [-0.3, -0.25) is 14.7 Å². The van der Waals surface area contributed by atoms with Crippen molar-refractivity contribution < 1.29 is 9.53 Å². The molecule has 0 N–H and O–H groups in total. The molecular weight excluding hydrogens is 376 g/mol. The van der Waals surface area contributed by atoms with E-state index >= 15 is 0 Å². The Morgan fingerprint density at radius 3 is 2.86 bits per heavy atom. The second kappa shape index (κ2) is 8.34. The number of hydrogen-bond donors (Lipinski definition) is 0. The quantitative estimate of drug-likeness (QED) is 0.790. The molecule has 2 aliphatic heterocycles. The largest absolute Gasteiger partial charge is 0.490 e. The summed E-state index contributed by atoms with van der Waals surface area (Å²) in [5.41, 5.74) is 0.752. The number of ether oxygens (including phenoxy) is 1. The van der Waals surface area contributed by atoms with Crippen LogP contribution in [0.25, 0.3) is 10.9 Å². The fourth-order valence-corrected chi connectivity index (χ4v) is 4.27. The molecule has 6 nitrogen and oxygen atoms in total. The minimum atomic E-state index is -0.250. The molecule has 0 spiro atoms. The molecule has 7 heteroatoms. The third kappa shape index (κ3) is 3.91. The summed E-state index contributed by atoms with van der Waals surface area (Å²) in [5.74, 6) is 0.870. The summed E-state index contributed by atoms with van der Waals surface area (Å²) in [5, 5.41) is 10.7. The van der Waals surface area contributed by atoms with Gasteiger partial charge >= 0.3 is 0 Å². The number of carbonyl (C=O) groups is 1. The number of amides is 1. The van der Waals surface area contributed by atoms with Crippen LogP contribution in [-0.4, -0.2) is 59.0 Å². The highest BCUT2D eigenvalue weighted by molar-refractivity contribution is 6.35. The maximum atomic E-state index is 12.5. The molecule has 1 aromatic carbocycles. The molecule has 3 heterocycles. The fourth-order valence-electron chi connectivity index (χ4n) is 4.06.